The molecule has 0 saturated heterocycles. The molecule has 0 bridgehead atoms. The molecule has 1 unspecified atom stereocenters. The van der Waals surface area contributed by atoms with Crippen LogP contribution in [0.2, 0.25) is 0 Å². The number of anilines is 1. The van der Waals surface area contributed by atoms with Gasteiger partial charge in [-0.3, -0.25) is 9.52 Å². The standard InChI is InChI=1S/C25H29N3O3S/c1-4-19-10-12-20(13-11-19)24(28(2)3)18-26-25(29)21-14-16-23(17-15-21)32(30,31)27-22-8-6-5-7-9-22/h5-17,24,27H,4,18H2,1-3H3,(H,26,29). The van der Waals surface area contributed by atoms with Crippen LogP contribution < -0.4 is 10.0 Å². The van der Waals surface area contributed by atoms with Gasteiger partial charge < -0.3 is 10.2 Å². The summed E-state index contributed by atoms with van der Waals surface area (Å²) >= 11 is 0. The average Bonchev–Trinajstić information content (AvgIpc) is 2.79. The van der Waals surface area contributed by atoms with Crippen molar-refractivity contribution in [2.45, 2.75) is 24.3 Å². The number of carbonyl (C=O) groups excluding carboxylic acids is 1. The lowest BCUT2D eigenvalue weighted by Crippen LogP contribution is -2.34. The Labute approximate surface area is 190 Å². The minimum absolute atomic E-state index is 0.0274. The topological polar surface area (TPSA) is 78.5 Å². The van der Waals surface area contributed by atoms with E-state index in [1.165, 1.54) is 29.8 Å². The average molecular weight is 452 g/mol. The van der Waals surface area contributed by atoms with E-state index in [1.807, 2.05) is 20.2 Å². The van der Waals surface area contributed by atoms with Crippen LogP contribution in [0.4, 0.5) is 5.69 Å². The van der Waals surface area contributed by atoms with Crippen molar-refractivity contribution in [2.75, 3.05) is 25.4 Å². The Balaban J connectivity index is 1.65. The summed E-state index contributed by atoms with van der Waals surface area (Å²) in [6.07, 6.45) is 0.982. The van der Waals surface area contributed by atoms with Crippen LogP contribution in [0.15, 0.2) is 83.8 Å². The summed E-state index contributed by atoms with van der Waals surface area (Å²) in [5.74, 6) is -0.248. The number of likely N-dealkylation sites (N-methyl/N-ethyl adjacent to an activating group) is 1. The third-order valence-corrected chi connectivity index (χ3v) is 6.70. The van der Waals surface area contributed by atoms with E-state index in [2.05, 4.69) is 46.1 Å². The molecule has 0 aliphatic carbocycles. The van der Waals surface area contributed by atoms with Gasteiger partial charge in [0, 0.05) is 17.8 Å². The number of nitrogens with one attached hydrogen (secondary N) is 2. The number of benzene rings is 3. The second kappa shape index (κ2) is 10.4. The van der Waals surface area contributed by atoms with Crippen LogP contribution in [0.1, 0.15) is 34.5 Å². The van der Waals surface area contributed by atoms with E-state index in [0.717, 1.165) is 12.0 Å². The summed E-state index contributed by atoms with van der Waals surface area (Å²) in [4.78, 5) is 14.8. The van der Waals surface area contributed by atoms with Gasteiger partial charge >= 0.3 is 0 Å². The third-order valence-electron chi connectivity index (χ3n) is 5.30. The number of nitrogens with zero attached hydrogens (tertiary/aromatic N) is 1. The van der Waals surface area contributed by atoms with Gasteiger partial charge in [0.2, 0.25) is 0 Å². The molecule has 1 atom stereocenters. The van der Waals surface area contributed by atoms with Crippen molar-refractivity contribution in [3.8, 4) is 0 Å². The number of amides is 1. The van der Waals surface area contributed by atoms with Crippen LogP contribution in [0.3, 0.4) is 0 Å². The molecule has 1 amide bonds. The number of rotatable bonds is 9. The zero-order valence-electron chi connectivity index (χ0n) is 18.6. The lowest BCUT2D eigenvalue weighted by molar-refractivity contribution is 0.0942. The number of para-hydroxylation sites is 1. The van der Waals surface area contributed by atoms with Crippen LogP contribution in [0.5, 0.6) is 0 Å². The first kappa shape index (κ1) is 23.5. The molecule has 0 aromatic heterocycles. The smallest absolute Gasteiger partial charge is 0.261 e. The Kier molecular flexibility index (Phi) is 7.66. The fourth-order valence-corrected chi connectivity index (χ4v) is 4.43. The fraction of sp³-hybridized carbons (Fsp3) is 0.240. The first-order valence-corrected chi connectivity index (χ1v) is 12.0. The van der Waals surface area contributed by atoms with Crippen LogP contribution in [-0.2, 0) is 16.4 Å². The third kappa shape index (κ3) is 5.96. The zero-order valence-corrected chi connectivity index (χ0v) is 19.4. The summed E-state index contributed by atoms with van der Waals surface area (Å²) in [6.45, 7) is 2.56. The molecule has 7 heteroatoms. The minimum atomic E-state index is -3.72. The highest BCUT2D eigenvalue weighted by Gasteiger charge is 2.18. The van der Waals surface area contributed by atoms with Crippen molar-refractivity contribution in [2.24, 2.45) is 0 Å². The fourth-order valence-electron chi connectivity index (χ4n) is 3.37. The maximum absolute atomic E-state index is 12.7. The summed E-state index contributed by atoms with van der Waals surface area (Å²) in [5.41, 5.74) is 3.28. The molecule has 0 aliphatic rings. The van der Waals surface area contributed by atoms with Crippen molar-refractivity contribution in [1.29, 1.82) is 0 Å². The van der Waals surface area contributed by atoms with Gasteiger partial charge in [0.1, 0.15) is 0 Å². The molecule has 32 heavy (non-hydrogen) atoms. The molecule has 3 rings (SSSR count). The molecule has 0 aliphatic heterocycles. The largest absolute Gasteiger partial charge is 0.350 e. The maximum Gasteiger partial charge on any atom is 0.261 e. The lowest BCUT2D eigenvalue weighted by atomic mass is 10.0. The van der Waals surface area contributed by atoms with Crippen LogP contribution in [-0.4, -0.2) is 39.9 Å². The van der Waals surface area contributed by atoms with Gasteiger partial charge in [-0.2, -0.15) is 0 Å². The number of sulfonamides is 1. The molecular formula is C25H29N3O3S. The molecular weight excluding hydrogens is 422 g/mol. The van der Waals surface area contributed by atoms with E-state index in [4.69, 9.17) is 0 Å². The van der Waals surface area contributed by atoms with Gasteiger partial charge in [0.25, 0.3) is 15.9 Å². The van der Waals surface area contributed by atoms with Gasteiger partial charge in [-0.1, -0.05) is 49.4 Å². The SMILES string of the molecule is CCc1ccc(C(CNC(=O)c2ccc(S(=O)(=O)Nc3ccccc3)cc2)N(C)C)cc1. The summed E-state index contributed by atoms with van der Waals surface area (Å²) in [5, 5.41) is 2.96. The van der Waals surface area contributed by atoms with Crippen molar-refractivity contribution in [1.82, 2.24) is 10.2 Å². The normalized spacial score (nSPS) is 12.4. The van der Waals surface area contributed by atoms with E-state index < -0.39 is 10.0 Å². The number of carbonyl (C=O) groups is 1. The summed E-state index contributed by atoms with van der Waals surface area (Å²) in [7, 11) is 0.229. The first-order valence-electron chi connectivity index (χ1n) is 10.5. The van der Waals surface area contributed by atoms with Crippen molar-refractivity contribution < 1.29 is 13.2 Å². The molecule has 2 N–H and O–H groups in total. The Hall–Kier alpha value is -3.16. The van der Waals surface area contributed by atoms with Gasteiger partial charge in [-0.15, -0.1) is 0 Å². The highest BCUT2D eigenvalue weighted by molar-refractivity contribution is 7.92. The van der Waals surface area contributed by atoms with Crippen molar-refractivity contribution >= 4 is 21.6 Å². The van der Waals surface area contributed by atoms with E-state index in [1.54, 1.807) is 24.3 Å². The molecule has 3 aromatic rings. The minimum Gasteiger partial charge on any atom is -0.350 e. The summed E-state index contributed by atoms with van der Waals surface area (Å²) < 4.78 is 27.6. The molecule has 168 valence electrons. The number of hydrogen-bond acceptors (Lipinski definition) is 4. The molecule has 0 heterocycles. The van der Waals surface area contributed by atoms with E-state index in [0.29, 0.717) is 17.8 Å². The van der Waals surface area contributed by atoms with Gasteiger partial charge in [-0.05, 0) is 68.0 Å². The monoisotopic (exact) mass is 451 g/mol. The van der Waals surface area contributed by atoms with E-state index in [-0.39, 0.29) is 16.8 Å². The maximum atomic E-state index is 12.7. The highest BCUT2D eigenvalue weighted by Crippen LogP contribution is 2.19. The molecule has 0 spiro atoms. The molecule has 0 saturated carbocycles. The van der Waals surface area contributed by atoms with Gasteiger partial charge in [0.15, 0.2) is 0 Å². The second-order valence-electron chi connectivity index (χ2n) is 7.78. The number of hydrogen-bond donors (Lipinski definition) is 2. The Morgan fingerprint density at radius 3 is 2.09 bits per heavy atom. The first-order chi connectivity index (χ1) is 15.3. The molecule has 0 radical (unpaired) electrons. The molecule has 0 fully saturated rings. The second-order valence-corrected chi connectivity index (χ2v) is 9.46. The van der Waals surface area contributed by atoms with Gasteiger partial charge in [-0.25, -0.2) is 8.42 Å². The predicted octanol–water partition coefficient (Wildman–Crippen LogP) is 4.08. The number of aryl methyl sites for hydroxylation is 1. The zero-order chi connectivity index (χ0) is 23.1. The van der Waals surface area contributed by atoms with Gasteiger partial charge in [0.05, 0.1) is 10.9 Å². The Morgan fingerprint density at radius 2 is 1.53 bits per heavy atom. The quantitative estimate of drug-likeness (QED) is 0.514. The van der Waals surface area contributed by atoms with Crippen LogP contribution >= 0.6 is 0 Å². The van der Waals surface area contributed by atoms with Crippen molar-refractivity contribution in [3.05, 3.63) is 95.6 Å². The van der Waals surface area contributed by atoms with E-state index >= 15 is 0 Å². The molecule has 3 aromatic carbocycles. The van der Waals surface area contributed by atoms with E-state index in [9.17, 15) is 13.2 Å². The summed E-state index contributed by atoms with van der Waals surface area (Å²) in [6, 6.07) is 23.0. The molecule has 6 nitrogen and oxygen atoms in total. The Bertz CT molecular complexity index is 1130. The lowest BCUT2D eigenvalue weighted by Gasteiger charge is -2.25. The predicted molar refractivity (Wildman–Crippen MR) is 128 cm³/mol. The van der Waals surface area contributed by atoms with Crippen LogP contribution in [0.25, 0.3) is 0 Å². The highest BCUT2D eigenvalue weighted by atomic mass is 32.2. The Morgan fingerprint density at radius 1 is 0.906 bits per heavy atom. The van der Waals surface area contributed by atoms with Crippen molar-refractivity contribution in [3.63, 3.8) is 0 Å². The van der Waals surface area contributed by atoms with Crippen LogP contribution in [0, 0.1) is 0 Å².